The summed E-state index contributed by atoms with van der Waals surface area (Å²) in [6.45, 7) is 5.57. The molecule has 0 spiro atoms. The van der Waals surface area contributed by atoms with Crippen molar-refractivity contribution in [2.24, 2.45) is 0 Å². The maximum absolute atomic E-state index is 3.55. The van der Waals surface area contributed by atoms with Crippen LogP contribution in [0.2, 0.25) is 0 Å². The molecule has 1 fully saturated rings. The highest BCUT2D eigenvalue weighted by molar-refractivity contribution is 7.09. The monoisotopic (exact) mass is 210 g/mol. The van der Waals surface area contributed by atoms with E-state index in [1.54, 1.807) is 0 Å². The van der Waals surface area contributed by atoms with Crippen molar-refractivity contribution >= 4 is 11.3 Å². The predicted octanol–water partition coefficient (Wildman–Crippen LogP) is 1.98. The van der Waals surface area contributed by atoms with Crippen LogP contribution < -0.4 is 10.6 Å². The molecule has 2 rings (SSSR count). The summed E-state index contributed by atoms with van der Waals surface area (Å²) in [6, 6.07) is 4.29. The van der Waals surface area contributed by atoms with Crippen LogP contribution in [0.3, 0.4) is 0 Å². The molecule has 1 aliphatic heterocycles. The molecule has 0 bridgehead atoms. The number of nitrogens with one attached hydrogen (secondary N) is 2. The van der Waals surface area contributed by atoms with Crippen molar-refractivity contribution in [3.63, 3.8) is 0 Å². The Labute approximate surface area is 89.7 Å². The third-order valence-corrected chi connectivity index (χ3v) is 3.73. The van der Waals surface area contributed by atoms with Gasteiger partial charge in [0.25, 0.3) is 0 Å². The van der Waals surface area contributed by atoms with Crippen LogP contribution in [0, 0.1) is 0 Å². The summed E-state index contributed by atoms with van der Waals surface area (Å²) in [5.41, 5.74) is 0.331. The largest absolute Gasteiger partial charge is 0.310 e. The first kappa shape index (κ1) is 10.1. The fraction of sp³-hybridized carbons (Fsp3) is 0.636. The number of rotatable bonds is 4. The summed E-state index contributed by atoms with van der Waals surface area (Å²) in [4.78, 5) is 1.42. The van der Waals surface area contributed by atoms with Gasteiger partial charge in [0.1, 0.15) is 0 Å². The van der Waals surface area contributed by atoms with Gasteiger partial charge < -0.3 is 10.6 Å². The summed E-state index contributed by atoms with van der Waals surface area (Å²) < 4.78 is 0. The summed E-state index contributed by atoms with van der Waals surface area (Å²) in [5.74, 6) is 0. The third-order valence-electron chi connectivity index (χ3n) is 2.85. The van der Waals surface area contributed by atoms with Gasteiger partial charge in [0.2, 0.25) is 0 Å². The van der Waals surface area contributed by atoms with Crippen molar-refractivity contribution in [1.29, 1.82) is 0 Å². The first-order valence-corrected chi connectivity index (χ1v) is 6.15. The van der Waals surface area contributed by atoms with Gasteiger partial charge in [-0.1, -0.05) is 6.07 Å². The van der Waals surface area contributed by atoms with Crippen molar-refractivity contribution in [2.75, 3.05) is 13.1 Å². The second-order valence-electron chi connectivity index (χ2n) is 4.27. The summed E-state index contributed by atoms with van der Waals surface area (Å²) in [5, 5.41) is 9.20. The maximum atomic E-state index is 3.55. The topological polar surface area (TPSA) is 24.1 Å². The fourth-order valence-corrected chi connectivity index (χ4v) is 2.66. The molecular formula is C11H18N2S. The zero-order valence-electron chi connectivity index (χ0n) is 8.68. The van der Waals surface area contributed by atoms with Crippen LogP contribution in [-0.2, 0) is 6.54 Å². The van der Waals surface area contributed by atoms with Crippen LogP contribution in [0.4, 0.5) is 0 Å². The lowest BCUT2D eigenvalue weighted by atomic mass is 10.0. The molecule has 0 saturated carbocycles. The molecule has 1 aromatic heterocycles. The van der Waals surface area contributed by atoms with Crippen LogP contribution in [0.15, 0.2) is 17.5 Å². The second kappa shape index (κ2) is 4.43. The van der Waals surface area contributed by atoms with Gasteiger partial charge in [-0.15, -0.1) is 11.3 Å². The molecule has 0 aromatic carbocycles. The Morgan fingerprint density at radius 2 is 2.57 bits per heavy atom. The Morgan fingerprint density at radius 1 is 1.64 bits per heavy atom. The summed E-state index contributed by atoms with van der Waals surface area (Å²) in [7, 11) is 0. The zero-order chi connectivity index (χ0) is 9.86. The lowest BCUT2D eigenvalue weighted by Gasteiger charge is -2.24. The Morgan fingerprint density at radius 3 is 3.21 bits per heavy atom. The van der Waals surface area contributed by atoms with E-state index in [0.717, 1.165) is 13.1 Å². The van der Waals surface area contributed by atoms with Crippen molar-refractivity contribution in [1.82, 2.24) is 10.6 Å². The number of hydrogen-bond acceptors (Lipinski definition) is 3. The van der Waals surface area contributed by atoms with Crippen molar-refractivity contribution < 1.29 is 0 Å². The first-order valence-electron chi connectivity index (χ1n) is 5.27. The summed E-state index contributed by atoms with van der Waals surface area (Å²) >= 11 is 1.82. The number of thiophene rings is 1. The molecule has 1 aromatic rings. The molecule has 3 heteroatoms. The van der Waals surface area contributed by atoms with Gasteiger partial charge in [-0.05, 0) is 37.8 Å². The molecular weight excluding hydrogens is 192 g/mol. The van der Waals surface area contributed by atoms with Crippen LogP contribution >= 0.6 is 11.3 Å². The van der Waals surface area contributed by atoms with Gasteiger partial charge >= 0.3 is 0 Å². The highest BCUT2D eigenvalue weighted by Crippen LogP contribution is 2.17. The lowest BCUT2D eigenvalue weighted by Crippen LogP contribution is -2.45. The van der Waals surface area contributed by atoms with Crippen molar-refractivity contribution in [2.45, 2.75) is 31.8 Å². The van der Waals surface area contributed by atoms with Gasteiger partial charge in [0.15, 0.2) is 0 Å². The van der Waals surface area contributed by atoms with Gasteiger partial charge in [-0.2, -0.15) is 0 Å². The molecule has 1 unspecified atom stereocenters. The van der Waals surface area contributed by atoms with E-state index in [1.165, 1.54) is 24.3 Å². The molecule has 2 heterocycles. The van der Waals surface area contributed by atoms with E-state index in [4.69, 9.17) is 0 Å². The second-order valence-corrected chi connectivity index (χ2v) is 5.31. The molecule has 1 atom stereocenters. The average Bonchev–Trinajstić information content (AvgIpc) is 2.77. The Balaban J connectivity index is 1.72. The quantitative estimate of drug-likeness (QED) is 0.794. The highest BCUT2D eigenvalue weighted by atomic mass is 32.1. The Bertz CT molecular complexity index is 263. The first-order chi connectivity index (χ1) is 6.79. The third kappa shape index (κ3) is 2.56. The van der Waals surface area contributed by atoms with Crippen LogP contribution in [0.1, 0.15) is 24.6 Å². The SMILES string of the molecule is CC1(CNCc2cccs2)CCCN1. The van der Waals surface area contributed by atoms with Crippen LogP contribution in [0.25, 0.3) is 0 Å². The predicted molar refractivity (Wildman–Crippen MR) is 61.7 cm³/mol. The minimum atomic E-state index is 0.331. The van der Waals surface area contributed by atoms with E-state index in [2.05, 4.69) is 35.1 Å². The Kier molecular flexibility index (Phi) is 3.21. The molecule has 0 radical (unpaired) electrons. The molecule has 2 nitrogen and oxygen atoms in total. The summed E-state index contributed by atoms with van der Waals surface area (Å²) in [6.07, 6.45) is 2.61. The van der Waals surface area contributed by atoms with Gasteiger partial charge in [0.05, 0.1) is 0 Å². The van der Waals surface area contributed by atoms with E-state index in [0.29, 0.717) is 5.54 Å². The molecule has 2 N–H and O–H groups in total. The van der Waals surface area contributed by atoms with Crippen molar-refractivity contribution in [3.05, 3.63) is 22.4 Å². The Hall–Kier alpha value is -0.380. The minimum Gasteiger partial charge on any atom is -0.310 e. The lowest BCUT2D eigenvalue weighted by molar-refractivity contribution is 0.386. The highest BCUT2D eigenvalue weighted by Gasteiger charge is 2.26. The normalized spacial score (nSPS) is 26.9. The van der Waals surface area contributed by atoms with E-state index in [9.17, 15) is 0 Å². The number of hydrogen-bond donors (Lipinski definition) is 2. The molecule has 0 amide bonds. The smallest absolute Gasteiger partial charge is 0.0300 e. The average molecular weight is 210 g/mol. The van der Waals surface area contributed by atoms with E-state index < -0.39 is 0 Å². The molecule has 78 valence electrons. The van der Waals surface area contributed by atoms with Crippen molar-refractivity contribution in [3.8, 4) is 0 Å². The molecule has 1 saturated heterocycles. The minimum absolute atomic E-state index is 0.331. The molecule has 1 aliphatic rings. The van der Waals surface area contributed by atoms with E-state index >= 15 is 0 Å². The molecule has 0 aliphatic carbocycles. The van der Waals surface area contributed by atoms with Gasteiger partial charge in [-0.3, -0.25) is 0 Å². The molecule has 14 heavy (non-hydrogen) atoms. The standard InChI is InChI=1S/C11H18N2S/c1-11(5-3-6-13-11)9-12-8-10-4-2-7-14-10/h2,4,7,12-13H,3,5-6,8-9H2,1H3. The van der Waals surface area contributed by atoms with Crippen LogP contribution in [-0.4, -0.2) is 18.6 Å². The van der Waals surface area contributed by atoms with Gasteiger partial charge in [-0.25, -0.2) is 0 Å². The van der Waals surface area contributed by atoms with Gasteiger partial charge in [0, 0.05) is 23.5 Å². The zero-order valence-corrected chi connectivity index (χ0v) is 9.49. The fourth-order valence-electron chi connectivity index (χ4n) is 1.98. The van der Waals surface area contributed by atoms with E-state index in [-0.39, 0.29) is 0 Å². The van der Waals surface area contributed by atoms with Crippen LogP contribution in [0.5, 0.6) is 0 Å². The van der Waals surface area contributed by atoms with E-state index in [1.807, 2.05) is 11.3 Å². The maximum Gasteiger partial charge on any atom is 0.0300 e.